The lowest BCUT2D eigenvalue weighted by atomic mass is 9.99. The van der Waals surface area contributed by atoms with Crippen LogP contribution in [-0.2, 0) is 36.0 Å². The average Bonchev–Trinajstić information content (AvgIpc) is 3.83. The predicted octanol–water partition coefficient (Wildman–Crippen LogP) is 1.18. The van der Waals surface area contributed by atoms with Gasteiger partial charge in [-0.05, 0) is 78.1 Å². The molecule has 16 nitrogen and oxygen atoms in total. The van der Waals surface area contributed by atoms with Crippen molar-refractivity contribution in [2.24, 2.45) is 0 Å². The zero-order valence-electron chi connectivity index (χ0n) is 31.5. The summed E-state index contributed by atoms with van der Waals surface area (Å²) in [5, 5.41) is 8.30. The van der Waals surface area contributed by atoms with Gasteiger partial charge in [0.05, 0.1) is 21.6 Å². The highest BCUT2D eigenvalue weighted by atomic mass is 32.2. The number of hydrogen-bond acceptors (Lipinski definition) is 12. The molecule has 0 saturated carbocycles. The molecule has 18 heteroatoms. The van der Waals surface area contributed by atoms with E-state index in [1.807, 2.05) is 24.0 Å². The van der Waals surface area contributed by atoms with Crippen LogP contribution in [0, 0.1) is 0 Å². The molecule has 55 heavy (non-hydrogen) atoms. The molecule has 7 rings (SSSR count). The molecule has 1 amide bonds. The highest BCUT2D eigenvalue weighted by Crippen LogP contribution is 2.41. The minimum absolute atomic E-state index is 0.00392. The Morgan fingerprint density at radius 1 is 0.873 bits per heavy atom. The van der Waals surface area contributed by atoms with Crippen molar-refractivity contribution in [2.45, 2.75) is 79.3 Å². The van der Waals surface area contributed by atoms with Crippen molar-refractivity contribution in [2.75, 3.05) is 58.4 Å². The number of imidazole rings is 1. The van der Waals surface area contributed by atoms with Crippen molar-refractivity contribution in [3.63, 3.8) is 0 Å². The topological polar surface area (TPSA) is 184 Å². The van der Waals surface area contributed by atoms with Crippen molar-refractivity contribution >= 4 is 37.5 Å². The Morgan fingerprint density at radius 3 is 1.98 bits per heavy atom. The fourth-order valence-corrected chi connectivity index (χ4v) is 12.0. The lowest BCUT2D eigenvalue weighted by Crippen LogP contribution is -2.60. The number of carbonyl (C=O) groups is 3. The quantitative estimate of drug-likeness (QED) is 0.265. The zero-order chi connectivity index (χ0) is 39.3. The van der Waals surface area contributed by atoms with Gasteiger partial charge in [0, 0.05) is 62.8 Å². The summed E-state index contributed by atoms with van der Waals surface area (Å²) in [6, 6.07) is 10.7. The number of nitrogens with zero attached hydrogens (tertiary/aromatic N) is 6. The first-order valence-electron chi connectivity index (χ1n) is 18.5. The molecule has 2 aromatic carbocycles. The number of ketones is 2. The third-order valence-electron chi connectivity index (χ3n) is 11.1. The third-order valence-corrected chi connectivity index (χ3v) is 15.0. The molecule has 3 aromatic rings. The molecule has 0 radical (unpaired) electrons. The molecule has 0 bridgehead atoms. The van der Waals surface area contributed by atoms with Crippen LogP contribution in [0.4, 0.5) is 0 Å². The Hall–Kier alpha value is -4.04. The summed E-state index contributed by atoms with van der Waals surface area (Å²) in [6.45, 7) is 5.48. The standard InChI is InChI=1S/C37H48N8O8S2/c1-26(46)28-5-9-32(10-6-28)54(49,50)44-24-31(23-41(3)4)53-37(44)15-19-42(20-16-37)43-22-30(39-25-43)21-34-35(48)40-36(13-17-38-18-14-36)45(34)55(51,52)33-11-7-29(8-12-33)27(2)47/h5-12,22,25,31,34,38H,13-21,23-24H2,1-4H3,(H,40,48). The number of Topliss-reactive ketones (excluding diaryl/α,β-unsaturated/α-hetero) is 2. The van der Waals surface area contributed by atoms with Crippen LogP contribution in [0.15, 0.2) is 70.8 Å². The summed E-state index contributed by atoms with van der Waals surface area (Å²) in [5.74, 6) is -0.732. The van der Waals surface area contributed by atoms with Crippen molar-refractivity contribution < 1.29 is 36.0 Å². The van der Waals surface area contributed by atoms with E-state index in [2.05, 4.69) is 15.6 Å². The van der Waals surface area contributed by atoms with Gasteiger partial charge < -0.3 is 25.3 Å². The number of sulfonamides is 2. The maximum Gasteiger partial charge on any atom is 0.245 e. The van der Waals surface area contributed by atoms with Crippen LogP contribution in [-0.4, -0.2) is 134 Å². The maximum atomic E-state index is 14.3. The minimum Gasteiger partial charge on any atom is -0.353 e. The Balaban J connectivity index is 1.10. The molecule has 4 aliphatic heterocycles. The second kappa shape index (κ2) is 14.8. The number of nitrogens with one attached hydrogen (secondary N) is 2. The second-order valence-electron chi connectivity index (χ2n) is 15.1. The van der Waals surface area contributed by atoms with E-state index in [0.717, 1.165) is 0 Å². The number of benzene rings is 2. The highest BCUT2D eigenvalue weighted by Gasteiger charge is 2.57. The van der Waals surface area contributed by atoms with Gasteiger partial charge >= 0.3 is 0 Å². The smallest absolute Gasteiger partial charge is 0.245 e. The van der Waals surface area contributed by atoms with E-state index >= 15 is 0 Å². The first-order chi connectivity index (χ1) is 26.0. The summed E-state index contributed by atoms with van der Waals surface area (Å²) in [7, 11) is -4.35. The largest absolute Gasteiger partial charge is 0.353 e. The van der Waals surface area contributed by atoms with Gasteiger partial charge in [0.25, 0.3) is 0 Å². The Morgan fingerprint density at radius 2 is 1.44 bits per heavy atom. The second-order valence-corrected chi connectivity index (χ2v) is 18.8. The normalized spacial score (nSPS) is 23.1. The number of piperidine rings is 2. The fourth-order valence-electron chi connectivity index (χ4n) is 8.33. The Bertz CT molecular complexity index is 2160. The molecule has 296 valence electrons. The lowest BCUT2D eigenvalue weighted by molar-refractivity contribution is -0.121. The number of carbonyl (C=O) groups excluding carboxylic acids is 3. The van der Waals surface area contributed by atoms with Gasteiger partial charge in [0.15, 0.2) is 11.6 Å². The third kappa shape index (κ3) is 7.36. The molecule has 4 saturated heterocycles. The summed E-state index contributed by atoms with van der Waals surface area (Å²) in [4.78, 5) is 44.1. The molecule has 4 aliphatic rings. The molecule has 2 spiro atoms. The summed E-state index contributed by atoms with van der Waals surface area (Å²) in [6.07, 6.45) is 4.59. The number of ether oxygens (including phenoxy) is 1. The van der Waals surface area contributed by atoms with E-state index in [0.29, 0.717) is 75.2 Å². The molecule has 4 fully saturated rings. The van der Waals surface area contributed by atoms with E-state index in [4.69, 9.17) is 4.74 Å². The van der Waals surface area contributed by atoms with E-state index in [1.54, 1.807) is 17.2 Å². The zero-order valence-corrected chi connectivity index (χ0v) is 33.1. The van der Waals surface area contributed by atoms with Crippen LogP contribution in [0.5, 0.6) is 0 Å². The highest BCUT2D eigenvalue weighted by molar-refractivity contribution is 7.89. The average molecular weight is 797 g/mol. The first-order valence-corrected chi connectivity index (χ1v) is 21.4. The van der Waals surface area contributed by atoms with Crippen molar-refractivity contribution in [3.8, 4) is 0 Å². The summed E-state index contributed by atoms with van der Waals surface area (Å²) in [5.41, 5.74) is -0.859. The molecule has 1 aromatic heterocycles. The summed E-state index contributed by atoms with van der Waals surface area (Å²) < 4.78 is 68.1. The van der Waals surface area contributed by atoms with Gasteiger partial charge in [-0.3, -0.25) is 19.1 Å². The van der Waals surface area contributed by atoms with Crippen LogP contribution in [0.1, 0.15) is 65.9 Å². The molecular formula is C37H48N8O8S2. The predicted molar refractivity (Wildman–Crippen MR) is 202 cm³/mol. The van der Waals surface area contributed by atoms with Gasteiger partial charge in [-0.2, -0.15) is 8.61 Å². The van der Waals surface area contributed by atoms with Crippen LogP contribution in [0.2, 0.25) is 0 Å². The van der Waals surface area contributed by atoms with Gasteiger partial charge in [0.2, 0.25) is 26.0 Å². The van der Waals surface area contributed by atoms with Crippen molar-refractivity contribution in [1.29, 1.82) is 0 Å². The molecule has 5 heterocycles. The van der Waals surface area contributed by atoms with E-state index < -0.39 is 43.4 Å². The van der Waals surface area contributed by atoms with Gasteiger partial charge in [-0.25, -0.2) is 21.8 Å². The number of likely N-dealkylation sites (N-methyl/N-ethyl adjacent to an activating group) is 1. The van der Waals surface area contributed by atoms with Gasteiger partial charge in [-0.1, -0.05) is 24.3 Å². The van der Waals surface area contributed by atoms with Gasteiger partial charge in [-0.15, -0.1) is 0 Å². The summed E-state index contributed by atoms with van der Waals surface area (Å²) >= 11 is 0. The number of hydrogen-bond donors (Lipinski definition) is 2. The Kier molecular flexibility index (Phi) is 10.5. The monoisotopic (exact) mass is 796 g/mol. The molecule has 2 atom stereocenters. The number of amides is 1. The van der Waals surface area contributed by atoms with Crippen LogP contribution < -0.4 is 15.6 Å². The van der Waals surface area contributed by atoms with E-state index in [1.165, 1.54) is 71.0 Å². The fraction of sp³-hybridized carbons (Fsp3) is 0.514. The first kappa shape index (κ1) is 39.2. The Labute approximate surface area is 321 Å². The van der Waals surface area contributed by atoms with Gasteiger partial charge in [0.1, 0.15) is 23.8 Å². The van der Waals surface area contributed by atoms with Crippen molar-refractivity contribution in [1.82, 2.24) is 33.8 Å². The molecule has 2 N–H and O–H groups in total. The van der Waals surface area contributed by atoms with E-state index in [-0.39, 0.29) is 40.4 Å². The molecule has 0 aliphatic carbocycles. The maximum absolute atomic E-state index is 14.3. The molecular weight excluding hydrogens is 749 g/mol. The van der Waals surface area contributed by atoms with E-state index in [9.17, 15) is 31.2 Å². The molecule has 2 unspecified atom stereocenters. The van der Waals surface area contributed by atoms with Crippen LogP contribution in [0.25, 0.3) is 0 Å². The minimum atomic E-state index is -4.19. The lowest BCUT2D eigenvalue weighted by Gasteiger charge is -2.43. The SMILES string of the molecule is CC(=O)c1ccc(S(=O)(=O)N2C(Cc3cn(N4CCC5(CC4)OC(CN(C)C)CN5S(=O)(=O)c4ccc(C(C)=O)cc4)cn3)C(=O)NC23CCNCC3)cc1. The van der Waals surface area contributed by atoms with Crippen molar-refractivity contribution in [3.05, 3.63) is 77.9 Å². The number of aromatic nitrogens is 2. The van der Waals surface area contributed by atoms with Crippen LogP contribution >= 0.6 is 0 Å². The van der Waals surface area contributed by atoms with Crippen LogP contribution in [0.3, 0.4) is 0 Å². The number of rotatable bonds is 11.